The first kappa shape index (κ1) is 16.1. The molecule has 0 saturated heterocycles. The number of nitrogens with one attached hydrogen (secondary N) is 1. The zero-order valence-corrected chi connectivity index (χ0v) is 15.1. The molecule has 134 valence electrons. The van der Waals surface area contributed by atoms with Gasteiger partial charge in [0.2, 0.25) is 0 Å². The van der Waals surface area contributed by atoms with Crippen LogP contribution >= 0.6 is 0 Å². The number of hydrogen-bond acceptors (Lipinski definition) is 3. The van der Waals surface area contributed by atoms with Crippen molar-refractivity contribution in [3.05, 3.63) is 105 Å². The molecule has 1 heterocycles. The van der Waals surface area contributed by atoms with Gasteiger partial charge >= 0.3 is 0 Å². The van der Waals surface area contributed by atoms with Gasteiger partial charge in [0.05, 0.1) is 11.0 Å². The van der Waals surface area contributed by atoms with Gasteiger partial charge in [-0.2, -0.15) is 0 Å². The molecule has 3 atom stereocenters. The Morgan fingerprint density at radius 3 is 2.67 bits per heavy atom. The first-order valence-electron chi connectivity index (χ1n) is 9.31. The van der Waals surface area contributed by atoms with Crippen LogP contribution in [0.1, 0.15) is 39.8 Å². The van der Waals surface area contributed by atoms with Crippen LogP contribution < -0.4 is 5.32 Å². The molecule has 0 amide bonds. The highest BCUT2D eigenvalue weighted by molar-refractivity contribution is 5.65. The minimum absolute atomic E-state index is 0.160. The van der Waals surface area contributed by atoms with E-state index in [2.05, 4.69) is 60.8 Å². The zero-order valence-electron chi connectivity index (χ0n) is 15.1. The first-order chi connectivity index (χ1) is 13.1. The third-order valence-corrected chi connectivity index (χ3v) is 6.00. The van der Waals surface area contributed by atoms with Crippen LogP contribution in [0.3, 0.4) is 0 Å². The number of benzene rings is 3. The van der Waals surface area contributed by atoms with E-state index in [1.807, 2.05) is 6.07 Å². The Morgan fingerprint density at radius 2 is 1.85 bits per heavy atom. The fourth-order valence-corrected chi connectivity index (χ4v) is 4.86. The summed E-state index contributed by atoms with van der Waals surface area (Å²) in [6, 6.07) is 22.6. The predicted octanol–water partition coefficient (Wildman–Crippen LogP) is 5.37. The Labute approximate surface area is 158 Å². The van der Waals surface area contributed by atoms with Crippen molar-refractivity contribution in [3.8, 4) is 0 Å². The maximum atomic E-state index is 11.3. The van der Waals surface area contributed by atoms with Crippen molar-refractivity contribution in [2.75, 3.05) is 5.32 Å². The van der Waals surface area contributed by atoms with Gasteiger partial charge in [0.15, 0.2) is 0 Å². The van der Waals surface area contributed by atoms with E-state index in [0.29, 0.717) is 5.92 Å². The van der Waals surface area contributed by atoms with E-state index >= 15 is 0 Å². The standard InChI is InChI=1S/C23H20N2O2/c1-14-5-4-7-16(11-14)23-20-12-15-6-2-3-8-18(15)22(20)19-13-17(25(26)27)9-10-21(19)24-23/h2-11,13,20,22-24H,12H2,1H3/t20-,22+,23-/m0/s1. The molecule has 1 N–H and O–H groups in total. The normalized spacial score (nSPS) is 22.3. The van der Waals surface area contributed by atoms with Crippen molar-refractivity contribution in [3.63, 3.8) is 0 Å². The van der Waals surface area contributed by atoms with E-state index in [-0.39, 0.29) is 22.6 Å². The van der Waals surface area contributed by atoms with E-state index in [0.717, 1.165) is 17.7 Å². The van der Waals surface area contributed by atoms with Crippen molar-refractivity contribution in [1.29, 1.82) is 0 Å². The second-order valence-corrected chi connectivity index (χ2v) is 7.61. The van der Waals surface area contributed by atoms with Gasteiger partial charge < -0.3 is 5.32 Å². The lowest BCUT2D eigenvalue weighted by molar-refractivity contribution is -0.384. The summed E-state index contributed by atoms with van der Waals surface area (Å²) >= 11 is 0. The van der Waals surface area contributed by atoms with Crippen molar-refractivity contribution in [2.45, 2.75) is 25.3 Å². The molecule has 4 heteroatoms. The van der Waals surface area contributed by atoms with Gasteiger partial charge in [0.25, 0.3) is 5.69 Å². The van der Waals surface area contributed by atoms with Gasteiger partial charge in [0, 0.05) is 23.7 Å². The third kappa shape index (κ3) is 2.52. The molecule has 27 heavy (non-hydrogen) atoms. The fraction of sp³-hybridized carbons (Fsp3) is 0.217. The summed E-state index contributed by atoms with van der Waals surface area (Å²) < 4.78 is 0. The number of anilines is 1. The van der Waals surface area contributed by atoms with E-state index in [1.54, 1.807) is 12.1 Å². The summed E-state index contributed by atoms with van der Waals surface area (Å²) in [6.07, 6.45) is 0.981. The predicted molar refractivity (Wildman–Crippen MR) is 106 cm³/mol. The van der Waals surface area contributed by atoms with E-state index in [4.69, 9.17) is 0 Å². The summed E-state index contributed by atoms with van der Waals surface area (Å²) in [5.41, 5.74) is 7.40. The molecule has 0 saturated carbocycles. The average molecular weight is 356 g/mol. The smallest absolute Gasteiger partial charge is 0.269 e. The number of hydrogen-bond donors (Lipinski definition) is 1. The maximum absolute atomic E-state index is 11.3. The summed E-state index contributed by atoms with van der Waals surface area (Å²) in [5.74, 6) is 0.529. The van der Waals surface area contributed by atoms with Gasteiger partial charge in [-0.1, -0.05) is 54.1 Å². The van der Waals surface area contributed by atoms with E-state index in [1.165, 1.54) is 22.3 Å². The molecule has 0 aromatic heterocycles. The quantitative estimate of drug-likeness (QED) is 0.496. The van der Waals surface area contributed by atoms with Crippen LogP contribution in [0.15, 0.2) is 66.7 Å². The summed E-state index contributed by atoms with van der Waals surface area (Å²) in [5, 5.41) is 15.0. The molecule has 0 unspecified atom stereocenters. The summed E-state index contributed by atoms with van der Waals surface area (Å²) in [6.45, 7) is 2.12. The number of nitrogens with zero attached hydrogens (tertiary/aromatic N) is 1. The zero-order chi connectivity index (χ0) is 18.5. The lowest BCUT2D eigenvalue weighted by Crippen LogP contribution is -2.30. The minimum Gasteiger partial charge on any atom is -0.378 e. The second-order valence-electron chi connectivity index (χ2n) is 7.61. The van der Waals surface area contributed by atoms with Crippen molar-refractivity contribution in [1.82, 2.24) is 0 Å². The van der Waals surface area contributed by atoms with Gasteiger partial charge in [0.1, 0.15) is 0 Å². The molecule has 3 aromatic carbocycles. The van der Waals surface area contributed by atoms with Gasteiger partial charge in [-0.3, -0.25) is 10.1 Å². The highest BCUT2D eigenvalue weighted by Crippen LogP contribution is 2.54. The molecule has 2 aliphatic rings. The molecule has 0 fully saturated rings. The number of non-ortho nitro benzene ring substituents is 1. The number of aryl methyl sites for hydroxylation is 1. The maximum Gasteiger partial charge on any atom is 0.269 e. The largest absolute Gasteiger partial charge is 0.378 e. The molecule has 1 aliphatic heterocycles. The topological polar surface area (TPSA) is 55.2 Å². The monoisotopic (exact) mass is 356 g/mol. The van der Waals surface area contributed by atoms with Gasteiger partial charge in [-0.05, 0) is 47.6 Å². The Bertz CT molecular complexity index is 1060. The number of rotatable bonds is 2. The molecule has 0 bridgehead atoms. The van der Waals surface area contributed by atoms with Crippen LogP contribution in [-0.2, 0) is 6.42 Å². The Hall–Kier alpha value is -3.14. The van der Waals surface area contributed by atoms with E-state index in [9.17, 15) is 10.1 Å². The van der Waals surface area contributed by atoms with Crippen molar-refractivity contribution >= 4 is 11.4 Å². The number of fused-ring (bicyclic) bond motifs is 5. The highest BCUT2D eigenvalue weighted by Gasteiger charge is 2.43. The van der Waals surface area contributed by atoms with Crippen LogP contribution in [0.2, 0.25) is 0 Å². The molecular weight excluding hydrogens is 336 g/mol. The van der Waals surface area contributed by atoms with Gasteiger partial charge in [-0.25, -0.2) is 0 Å². The molecule has 0 radical (unpaired) electrons. The highest BCUT2D eigenvalue weighted by atomic mass is 16.6. The summed E-state index contributed by atoms with van der Waals surface area (Å²) in [7, 11) is 0. The molecule has 0 spiro atoms. The van der Waals surface area contributed by atoms with Crippen LogP contribution in [0, 0.1) is 23.0 Å². The third-order valence-electron chi connectivity index (χ3n) is 6.00. The van der Waals surface area contributed by atoms with E-state index < -0.39 is 0 Å². The lowest BCUT2D eigenvalue weighted by atomic mass is 9.75. The molecular formula is C23H20N2O2. The molecule has 3 aromatic rings. The molecule has 4 nitrogen and oxygen atoms in total. The lowest BCUT2D eigenvalue weighted by Gasteiger charge is -2.38. The Kier molecular flexibility index (Phi) is 3.54. The summed E-state index contributed by atoms with van der Waals surface area (Å²) in [4.78, 5) is 11.0. The molecule has 1 aliphatic carbocycles. The van der Waals surface area contributed by atoms with Crippen LogP contribution in [0.25, 0.3) is 0 Å². The van der Waals surface area contributed by atoms with Crippen molar-refractivity contribution < 1.29 is 4.92 Å². The second kappa shape index (κ2) is 5.95. The molecule has 5 rings (SSSR count). The number of nitro benzene ring substituents is 1. The number of nitro groups is 1. The fourth-order valence-electron chi connectivity index (χ4n) is 4.86. The Balaban J connectivity index is 1.69. The van der Waals surface area contributed by atoms with Crippen LogP contribution in [0.4, 0.5) is 11.4 Å². The van der Waals surface area contributed by atoms with Crippen LogP contribution in [0.5, 0.6) is 0 Å². The SMILES string of the molecule is Cc1cccc([C@@H]2Nc3ccc([N+](=O)[O-])cc3[C@H]3c4ccccc4C[C@@H]32)c1. The van der Waals surface area contributed by atoms with Gasteiger partial charge in [-0.15, -0.1) is 0 Å². The Morgan fingerprint density at radius 1 is 1.00 bits per heavy atom. The van der Waals surface area contributed by atoms with Crippen molar-refractivity contribution in [2.24, 2.45) is 5.92 Å². The van der Waals surface area contributed by atoms with Crippen LogP contribution in [-0.4, -0.2) is 4.92 Å². The first-order valence-corrected chi connectivity index (χ1v) is 9.31. The minimum atomic E-state index is -0.303. The average Bonchev–Trinajstić information content (AvgIpc) is 3.06.